The van der Waals surface area contributed by atoms with Crippen LogP contribution in [0.3, 0.4) is 0 Å². The van der Waals surface area contributed by atoms with Gasteiger partial charge >= 0.3 is 0 Å². The summed E-state index contributed by atoms with van der Waals surface area (Å²) in [6.45, 7) is 0.405. The van der Waals surface area contributed by atoms with E-state index in [1.54, 1.807) is 18.7 Å². The molecule has 30 heavy (non-hydrogen) atoms. The van der Waals surface area contributed by atoms with Crippen molar-refractivity contribution in [1.29, 1.82) is 0 Å². The molecule has 2 aromatic carbocycles. The summed E-state index contributed by atoms with van der Waals surface area (Å²) in [5.74, 6) is 2.28. The molecule has 0 bridgehead atoms. The zero-order chi connectivity index (χ0) is 20.3. The summed E-state index contributed by atoms with van der Waals surface area (Å²) in [6, 6.07) is 21.8. The Morgan fingerprint density at radius 1 is 0.867 bits per heavy atom. The quantitative estimate of drug-likeness (QED) is 0.278. The van der Waals surface area contributed by atoms with Gasteiger partial charge in [0, 0.05) is 11.8 Å². The van der Waals surface area contributed by atoms with Gasteiger partial charge in [-0.3, -0.25) is 4.98 Å². The van der Waals surface area contributed by atoms with Gasteiger partial charge in [0.15, 0.2) is 5.75 Å². The molecule has 0 aliphatic heterocycles. The van der Waals surface area contributed by atoms with Gasteiger partial charge in [-0.25, -0.2) is 0 Å². The third-order valence-electron chi connectivity index (χ3n) is 4.96. The lowest BCUT2D eigenvalue weighted by Crippen LogP contribution is -2.00. The zero-order valence-electron chi connectivity index (χ0n) is 16.0. The number of halogens is 1. The van der Waals surface area contributed by atoms with Crippen LogP contribution >= 0.6 is 11.6 Å². The number of aromatic nitrogens is 1. The summed E-state index contributed by atoms with van der Waals surface area (Å²) in [6.07, 6.45) is 5.09. The first kappa shape index (κ1) is 18.5. The second-order valence-corrected chi connectivity index (χ2v) is 7.14. The molecule has 4 nitrogen and oxygen atoms in total. The Morgan fingerprint density at radius 3 is 2.33 bits per heavy atom. The summed E-state index contributed by atoms with van der Waals surface area (Å²) in [7, 11) is 0. The van der Waals surface area contributed by atoms with E-state index in [4.69, 9.17) is 25.2 Å². The molecule has 0 radical (unpaired) electrons. The smallest absolute Gasteiger partial charge is 0.154 e. The topological polar surface area (TPSA) is 48.4 Å². The summed E-state index contributed by atoms with van der Waals surface area (Å²) in [5.41, 5.74) is 3.53. The van der Waals surface area contributed by atoms with Crippen LogP contribution in [0, 0.1) is 0 Å². The van der Waals surface area contributed by atoms with Gasteiger partial charge < -0.3 is 13.6 Å². The molecule has 5 heteroatoms. The lowest BCUT2D eigenvalue weighted by molar-refractivity contribution is 0.306. The van der Waals surface area contributed by atoms with Crippen molar-refractivity contribution in [3.05, 3.63) is 96.7 Å². The van der Waals surface area contributed by atoms with Crippen molar-refractivity contribution in [3.63, 3.8) is 0 Å². The van der Waals surface area contributed by atoms with Crippen LogP contribution < -0.4 is 4.74 Å². The number of fused-ring (bicyclic) bond motifs is 1. The van der Waals surface area contributed by atoms with Crippen molar-refractivity contribution in [3.8, 4) is 28.4 Å². The van der Waals surface area contributed by atoms with E-state index >= 15 is 0 Å². The Hall–Kier alpha value is -3.50. The molecule has 0 spiro atoms. The van der Waals surface area contributed by atoms with Gasteiger partial charge in [-0.15, -0.1) is 11.6 Å². The van der Waals surface area contributed by atoms with E-state index in [0.29, 0.717) is 23.8 Å². The fourth-order valence-corrected chi connectivity index (χ4v) is 3.71. The van der Waals surface area contributed by atoms with Crippen LogP contribution in [-0.4, -0.2) is 4.98 Å². The van der Waals surface area contributed by atoms with Gasteiger partial charge in [-0.1, -0.05) is 60.7 Å². The molecule has 0 saturated carbocycles. The molecule has 0 unspecified atom stereocenters. The van der Waals surface area contributed by atoms with E-state index in [0.717, 1.165) is 33.2 Å². The first-order valence-corrected chi connectivity index (χ1v) is 10.1. The normalized spacial score (nSPS) is 11.1. The Bertz CT molecular complexity index is 1260. The molecule has 0 saturated heterocycles. The van der Waals surface area contributed by atoms with E-state index in [1.165, 1.54) is 0 Å². The highest BCUT2D eigenvalue weighted by Gasteiger charge is 2.23. The molecule has 0 fully saturated rings. The van der Waals surface area contributed by atoms with Crippen LogP contribution in [0.15, 0.2) is 94.3 Å². The largest absolute Gasteiger partial charge is 0.486 e. The van der Waals surface area contributed by atoms with Crippen LogP contribution in [0.5, 0.6) is 5.75 Å². The van der Waals surface area contributed by atoms with Crippen molar-refractivity contribution in [1.82, 2.24) is 4.98 Å². The molecule has 148 valence electrons. The van der Waals surface area contributed by atoms with E-state index in [1.807, 2.05) is 66.7 Å². The Morgan fingerprint density at radius 2 is 1.63 bits per heavy atom. The SMILES string of the molecule is ClCc1ncc2c(-c3ccccc3)oc(-c3ccoc3)c2c1OCc1ccccc1. The minimum atomic E-state index is 0.233. The van der Waals surface area contributed by atoms with E-state index in [2.05, 4.69) is 4.98 Å². The predicted octanol–water partition coefficient (Wildman–Crippen LogP) is 7.07. The summed E-state index contributed by atoms with van der Waals surface area (Å²) in [5, 5.41) is 1.71. The zero-order valence-corrected chi connectivity index (χ0v) is 16.8. The van der Waals surface area contributed by atoms with Crippen LogP contribution in [-0.2, 0) is 12.5 Å². The lowest BCUT2D eigenvalue weighted by atomic mass is 10.1. The second kappa shape index (κ2) is 8.09. The van der Waals surface area contributed by atoms with E-state index in [9.17, 15) is 0 Å². The fourth-order valence-electron chi connectivity index (χ4n) is 3.52. The molecular formula is C25H18ClNO3. The van der Waals surface area contributed by atoms with Gasteiger partial charge in [0.1, 0.15) is 24.4 Å². The Balaban J connectivity index is 1.72. The van der Waals surface area contributed by atoms with Crippen molar-refractivity contribution in [2.75, 3.05) is 0 Å². The van der Waals surface area contributed by atoms with Gasteiger partial charge in [-0.05, 0) is 11.6 Å². The molecule has 0 aliphatic rings. The van der Waals surface area contributed by atoms with Crippen LogP contribution in [0.4, 0.5) is 0 Å². The van der Waals surface area contributed by atoms with Gasteiger partial charge in [0.2, 0.25) is 0 Å². The first-order chi connectivity index (χ1) is 14.8. The maximum Gasteiger partial charge on any atom is 0.154 e. The molecule has 0 atom stereocenters. The average molecular weight is 416 g/mol. The number of alkyl halides is 1. The Kier molecular flexibility index (Phi) is 4.99. The first-order valence-electron chi connectivity index (χ1n) is 9.60. The van der Waals surface area contributed by atoms with E-state index in [-0.39, 0.29) is 5.88 Å². The number of benzene rings is 2. The Labute approximate surface area is 178 Å². The molecule has 0 N–H and O–H groups in total. The summed E-state index contributed by atoms with van der Waals surface area (Å²) < 4.78 is 18.0. The third kappa shape index (κ3) is 3.36. The van der Waals surface area contributed by atoms with Gasteiger partial charge in [0.25, 0.3) is 0 Å². The minimum Gasteiger partial charge on any atom is -0.486 e. The molecular weight excluding hydrogens is 398 g/mol. The van der Waals surface area contributed by atoms with Crippen molar-refractivity contribution < 1.29 is 13.6 Å². The van der Waals surface area contributed by atoms with Crippen LogP contribution in [0.2, 0.25) is 0 Å². The molecule has 5 aromatic rings. The minimum absolute atomic E-state index is 0.233. The van der Waals surface area contributed by atoms with Crippen molar-refractivity contribution in [2.45, 2.75) is 12.5 Å². The number of pyridine rings is 1. The summed E-state index contributed by atoms with van der Waals surface area (Å²) >= 11 is 6.22. The second-order valence-electron chi connectivity index (χ2n) is 6.87. The number of furan rings is 2. The molecule has 0 aliphatic carbocycles. The van der Waals surface area contributed by atoms with Crippen LogP contribution in [0.1, 0.15) is 11.3 Å². The lowest BCUT2D eigenvalue weighted by Gasteiger charge is -2.11. The fraction of sp³-hybridized carbons (Fsp3) is 0.0800. The van der Waals surface area contributed by atoms with Gasteiger partial charge in [-0.2, -0.15) is 0 Å². The monoisotopic (exact) mass is 415 g/mol. The third-order valence-corrected chi connectivity index (χ3v) is 5.21. The molecule has 5 rings (SSSR count). The number of ether oxygens (including phenoxy) is 1. The highest BCUT2D eigenvalue weighted by atomic mass is 35.5. The number of hydrogen-bond acceptors (Lipinski definition) is 4. The molecule has 3 aromatic heterocycles. The standard InChI is InChI=1S/C25H18ClNO3/c26-13-21-25(29-15-17-7-3-1-4-8-17)22-20(14-27-21)23(18-9-5-2-6-10-18)30-24(22)19-11-12-28-16-19/h1-12,14,16H,13,15H2. The van der Waals surface area contributed by atoms with Gasteiger partial charge in [0.05, 0.1) is 34.2 Å². The molecule has 3 heterocycles. The number of hydrogen-bond donors (Lipinski definition) is 0. The van der Waals surface area contributed by atoms with E-state index < -0.39 is 0 Å². The number of nitrogens with zero attached hydrogens (tertiary/aromatic N) is 1. The highest BCUT2D eigenvalue weighted by molar-refractivity contribution is 6.17. The maximum atomic E-state index is 6.36. The predicted molar refractivity (Wildman–Crippen MR) is 117 cm³/mol. The maximum absolute atomic E-state index is 6.36. The highest BCUT2D eigenvalue weighted by Crippen LogP contribution is 2.44. The summed E-state index contributed by atoms with van der Waals surface area (Å²) in [4.78, 5) is 4.58. The van der Waals surface area contributed by atoms with Crippen molar-refractivity contribution >= 4 is 22.4 Å². The average Bonchev–Trinajstić information content (AvgIpc) is 3.47. The van der Waals surface area contributed by atoms with Crippen LogP contribution in [0.25, 0.3) is 33.4 Å². The van der Waals surface area contributed by atoms with Crippen molar-refractivity contribution in [2.24, 2.45) is 0 Å². The number of rotatable bonds is 6. The molecule has 0 amide bonds.